The number of urea groups is 1. The van der Waals surface area contributed by atoms with Crippen molar-refractivity contribution in [1.29, 1.82) is 0 Å². The first kappa shape index (κ1) is 19.0. The minimum atomic E-state index is -0.293. The van der Waals surface area contributed by atoms with Crippen molar-refractivity contribution < 1.29 is 14.3 Å². The number of hydrogen-bond acceptors (Lipinski definition) is 4. The topological polar surface area (TPSA) is 62.8 Å². The molecule has 2 aromatic carbocycles. The summed E-state index contributed by atoms with van der Waals surface area (Å²) in [5.41, 5.74) is 3.07. The molecule has 1 aliphatic rings. The number of nitrogens with one attached hydrogen (secondary N) is 2. The first-order chi connectivity index (χ1) is 13.3. The average molecular weight is 369 g/mol. The number of amides is 2. The highest BCUT2D eigenvalue weighted by molar-refractivity contribution is 5.93. The maximum atomic E-state index is 12.2. The quantitative estimate of drug-likeness (QED) is 0.732. The van der Waals surface area contributed by atoms with Crippen LogP contribution in [0, 0.1) is 0 Å². The van der Waals surface area contributed by atoms with E-state index in [1.165, 1.54) is 5.56 Å². The molecule has 0 atom stereocenters. The third-order valence-electron chi connectivity index (χ3n) is 4.44. The minimum Gasteiger partial charge on any atom is -0.473 e. The number of anilines is 2. The van der Waals surface area contributed by atoms with Gasteiger partial charge in [-0.2, -0.15) is 0 Å². The number of hydrogen-bond donors (Lipinski definition) is 2. The number of para-hydroxylation sites is 2. The molecule has 3 rings (SSSR count). The highest BCUT2D eigenvalue weighted by Crippen LogP contribution is 2.26. The molecule has 0 saturated carbocycles. The van der Waals surface area contributed by atoms with Gasteiger partial charge in [-0.1, -0.05) is 37.6 Å². The molecule has 1 heterocycles. The predicted octanol–water partition coefficient (Wildman–Crippen LogP) is 3.63. The average Bonchev–Trinajstić information content (AvgIpc) is 2.71. The van der Waals surface area contributed by atoms with Crippen LogP contribution in [0.5, 0.6) is 5.75 Å². The van der Waals surface area contributed by atoms with E-state index in [2.05, 4.69) is 34.6 Å². The second kappa shape index (κ2) is 9.83. The molecule has 6 heteroatoms. The molecule has 0 aliphatic carbocycles. The van der Waals surface area contributed by atoms with Crippen LogP contribution in [0.4, 0.5) is 16.2 Å². The second-order valence-electron chi connectivity index (χ2n) is 6.43. The van der Waals surface area contributed by atoms with E-state index >= 15 is 0 Å². The Hall–Kier alpha value is -2.73. The van der Waals surface area contributed by atoms with E-state index < -0.39 is 0 Å². The summed E-state index contributed by atoms with van der Waals surface area (Å²) in [6, 6.07) is 15.5. The van der Waals surface area contributed by atoms with Crippen molar-refractivity contribution in [1.82, 2.24) is 5.32 Å². The molecule has 1 saturated heterocycles. The monoisotopic (exact) mass is 369 g/mol. The first-order valence-corrected chi connectivity index (χ1v) is 9.44. The third kappa shape index (κ3) is 5.62. The van der Waals surface area contributed by atoms with Gasteiger partial charge in [0.1, 0.15) is 5.75 Å². The standard InChI is InChI=1S/C21H27N3O3/c1-2-5-17-8-10-18(11-9-17)27-16-22-21(25)23-19-6-3-4-7-20(19)24-12-14-26-15-13-24/h3-4,6-11H,2,5,12-16H2,1H3,(H2,22,23,25). The van der Waals surface area contributed by atoms with E-state index in [4.69, 9.17) is 9.47 Å². The molecule has 0 aromatic heterocycles. The van der Waals surface area contributed by atoms with Crippen LogP contribution in [0.1, 0.15) is 18.9 Å². The summed E-state index contributed by atoms with van der Waals surface area (Å²) >= 11 is 0. The van der Waals surface area contributed by atoms with E-state index in [1.54, 1.807) is 0 Å². The number of morpholine rings is 1. The van der Waals surface area contributed by atoms with Crippen LogP contribution >= 0.6 is 0 Å². The predicted molar refractivity (Wildman–Crippen MR) is 108 cm³/mol. The summed E-state index contributed by atoms with van der Waals surface area (Å²) in [6.07, 6.45) is 2.18. The number of carbonyl (C=O) groups excluding carboxylic acids is 1. The molecule has 1 aliphatic heterocycles. The fourth-order valence-electron chi connectivity index (χ4n) is 3.05. The second-order valence-corrected chi connectivity index (χ2v) is 6.43. The maximum Gasteiger partial charge on any atom is 0.321 e. The normalized spacial score (nSPS) is 13.9. The number of rotatable bonds is 7. The van der Waals surface area contributed by atoms with Crippen molar-refractivity contribution >= 4 is 17.4 Å². The van der Waals surface area contributed by atoms with Crippen molar-refractivity contribution in [2.24, 2.45) is 0 Å². The van der Waals surface area contributed by atoms with Crippen LogP contribution in [-0.2, 0) is 11.2 Å². The molecular weight excluding hydrogens is 342 g/mol. The van der Waals surface area contributed by atoms with Gasteiger partial charge >= 0.3 is 6.03 Å². The van der Waals surface area contributed by atoms with Crippen molar-refractivity contribution in [2.75, 3.05) is 43.3 Å². The third-order valence-corrected chi connectivity index (χ3v) is 4.44. The Morgan fingerprint density at radius 3 is 2.59 bits per heavy atom. The Labute approximate surface area is 160 Å². The summed E-state index contributed by atoms with van der Waals surface area (Å²) in [5, 5.41) is 5.64. The van der Waals surface area contributed by atoms with E-state index in [0.29, 0.717) is 13.2 Å². The van der Waals surface area contributed by atoms with Gasteiger partial charge in [0, 0.05) is 13.1 Å². The number of benzene rings is 2. The van der Waals surface area contributed by atoms with Gasteiger partial charge in [0.2, 0.25) is 0 Å². The van der Waals surface area contributed by atoms with Crippen LogP contribution in [0.25, 0.3) is 0 Å². The minimum absolute atomic E-state index is 0.110. The van der Waals surface area contributed by atoms with Crippen LogP contribution in [0.15, 0.2) is 48.5 Å². The molecule has 0 spiro atoms. The Bertz CT molecular complexity index is 728. The Kier molecular flexibility index (Phi) is 6.93. The Morgan fingerprint density at radius 1 is 1.11 bits per heavy atom. The van der Waals surface area contributed by atoms with Gasteiger partial charge in [0.05, 0.1) is 24.6 Å². The summed E-state index contributed by atoms with van der Waals surface area (Å²) in [4.78, 5) is 14.4. The number of nitrogens with zero attached hydrogens (tertiary/aromatic N) is 1. The molecule has 144 valence electrons. The molecule has 2 amide bonds. The molecular formula is C21H27N3O3. The van der Waals surface area contributed by atoms with Crippen LogP contribution in [-0.4, -0.2) is 39.1 Å². The van der Waals surface area contributed by atoms with Gasteiger partial charge in [-0.3, -0.25) is 0 Å². The SMILES string of the molecule is CCCc1ccc(OCNC(=O)Nc2ccccc2N2CCOCC2)cc1. The van der Waals surface area contributed by atoms with E-state index in [-0.39, 0.29) is 12.8 Å². The van der Waals surface area contributed by atoms with E-state index in [0.717, 1.165) is 43.1 Å². The van der Waals surface area contributed by atoms with Gasteiger partial charge < -0.3 is 25.0 Å². The van der Waals surface area contributed by atoms with Gasteiger partial charge in [0.15, 0.2) is 6.73 Å². The van der Waals surface area contributed by atoms with Crippen molar-refractivity contribution in [3.05, 3.63) is 54.1 Å². The number of carbonyl (C=O) groups is 1. The smallest absolute Gasteiger partial charge is 0.321 e. The van der Waals surface area contributed by atoms with Gasteiger partial charge in [-0.15, -0.1) is 0 Å². The van der Waals surface area contributed by atoms with E-state index in [9.17, 15) is 4.79 Å². The number of ether oxygens (including phenoxy) is 2. The fourth-order valence-corrected chi connectivity index (χ4v) is 3.05. The lowest BCUT2D eigenvalue weighted by Gasteiger charge is -2.30. The largest absolute Gasteiger partial charge is 0.473 e. The summed E-state index contributed by atoms with van der Waals surface area (Å²) in [7, 11) is 0. The molecule has 1 fully saturated rings. The molecule has 27 heavy (non-hydrogen) atoms. The zero-order valence-corrected chi connectivity index (χ0v) is 15.7. The lowest BCUT2D eigenvalue weighted by atomic mass is 10.1. The lowest BCUT2D eigenvalue weighted by Crippen LogP contribution is -2.37. The Balaban J connectivity index is 1.49. The fraction of sp³-hybridized carbons (Fsp3) is 0.381. The zero-order chi connectivity index (χ0) is 18.9. The first-order valence-electron chi connectivity index (χ1n) is 9.44. The van der Waals surface area contributed by atoms with Crippen LogP contribution in [0.3, 0.4) is 0 Å². The lowest BCUT2D eigenvalue weighted by molar-refractivity contribution is 0.123. The van der Waals surface area contributed by atoms with Crippen LogP contribution < -0.4 is 20.3 Å². The molecule has 2 N–H and O–H groups in total. The molecule has 2 aromatic rings. The highest BCUT2D eigenvalue weighted by atomic mass is 16.5. The highest BCUT2D eigenvalue weighted by Gasteiger charge is 2.15. The van der Waals surface area contributed by atoms with Gasteiger partial charge in [0.25, 0.3) is 0 Å². The molecule has 0 radical (unpaired) electrons. The zero-order valence-electron chi connectivity index (χ0n) is 15.7. The van der Waals surface area contributed by atoms with Crippen molar-refractivity contribution in [2.45, 2.75) is 19.8 Å². The van der Waals surface area contributed by atoms with Gasteiger partial charge in [-0.05, 0) is 36.2 Å². The van der Waals surface area contributed by atoms with E-state index in [1.807, 2.05) is 36.4 Å². The molecule has 0 unspecified atom stereocenters. The van der Waals surface area contributed by atoms with Crippen molar-refractivity contribution in [3.8, 4) is 5.75 Å². The summed E-state index contributed by atoms with van der Waals surface area (Å²) < 4.78 is 11.0. The Morgan fingerprint density at radius 2 is 1.85 bits per heavy atom. The molecule has 6 nitrogen and oxygen atoms in total. The summed E-state index contributed by atoms with van der Waals surface area (Å²) in [5.74, 6) is 0.740. The summed E-state index contributed by atoms with van der Waals surface area (Å²) in [6.45, 7) is 5.30. The van der Waals surface area contributed by atoms with Gasteiger partial charge in [-0.25, -0.2) is 4.79 Å². The van der Waals surface area contributed by atoms with Crippen molar-refractivity contribution in [3.63, 3.8) is 0 Å². The number of aryl methyl sites for hydroxylation is 1. The molecule has 0 bridgehead atoms. The maximum absolute atomic E-state index is 12.2. The van der Waals surface area contributed by atoms with Crippen LogP contribution in [0.2, 0.25) is 0 Å².